The fourth-order valence-corrected chi connectivity index (χ4v) is 5.12. The SMILES string of the molecule is CC(=O)n1c2ccccc2c2cc(/C=C3/SC(=S)SC3=O)ccc21. The number of nitrogens with zero attached hydrogens (tertiary/aromatic N) is 1. The first-order valence-electron chi connectivity index (χ1n) is 7.24. The van der Waals surface area contributed by atoms with Gasteiger partial charge in [0.1, 0.15) is 3.53 Å². The number of benzene rings is 2. The van der Waals surface area contributed by atoms with Gasteiger partial charge in [0.05, 0.1) is 15.9 Å². The second kappa shape index (κ2) is 5.88. The summed E-state index contributed by atoms with van der Waals surface area (Å²) < 4.78 is 2.36. The van der Waals surface area contributed by atoms with E-state index < -0.39 is 0 Å². The molecule has 2 aromatic carbocycles. The normalized spacial score (nSPS) is 16.6. The highest BCUT2D eigenvalue weighted by Gasteiger charge is 2.24. The zero-order valence-corrected chi connectivity index (χ0v) is 15.1. The lowest BCUT2D eigenvalue weighted by molar-refractivity contribution is -0.107. The fraction of sp³-hybridized carbons (Fsp3) is 0.0556. The van der Waals surface area contributed by atoms with E-state index in [0.29, 0.717) is 8.43 Å². The first-order chi connectivity index (χ1) is 11.5. The van der Waals surface area contributed by atoms with E-state index in [4.69, 9.17) is 12.2 Å². The van der Waals surface area contributed by atoms with Crippen molar-refractivity contribution in [2.24, 2.45) is 0 Å². The lowest BCUT2D eigenvalue weighted by atomic mass is 10.1. The smallest absolute Gasteiger partial charge is 0.232 e. The molecule has 0 N–H and O–H groups in total. The van der Waals surface area contributed by atoms with E-state index in [1.165, 1.54) is 11.8 Å². The minimum atomic E-state index is -0.0180. The molecule has 4 rings (SSSR count). The Morgan fingerprint density at radius 1 is 1.08 bits per heavy atom. The largest absolute Gasteiger partial charge is 0.281 e. The summed E-state index contributed by atoms with van der Waals surface area (Å²) in [6.07, 6.45) is 1.86. The van der Waals surface area contributed by atoms with Gasteiger partial charge in [-0.05, 0) is 41.6 Å². The molecule has 24 heavy (non-hydrogen) atoms. The molecule has 1 aromatic heterocycles. The van der Waals surface area contributed by atoms with Crippen molar-refractivity contribution >= 4 is 78.2 Å². The molecule has 0 unspecified atom stereocenters. The predicted molar refractivity (Wildman–Crippen MR) is 107 cm³/mol. The van der Waals surface area contributed by atoms with E-state index in [0.717, 1.165) is 39.1 Å². The van der Waals surface area contributed by atoms with Gasteiger partial charge in [0, 0.05) is 17.7 Å². The van der Waals surface area contributed by atoms with Gasteiger partial charge in [0.15, 0.2) is 0 Å². The van der Waals surface area contributed by atoms with E-state index in [2.05, 4.69) is 0 Å². The van der Waals surface area contributed by atoms with Crippen molar-refractivity contribution in [2.75, 3.05) is 0 Å². The number of rotatable bonds is 1. The summed E-state index contributed by atoms with van der Waals surface area (Å²) >= 11 is 7.52. The van der Waals surface area contributed by atoms with Crippen LogP contribution in [0.4, 0.5) is 0 Å². The molecule has 0 radical (unpaired) electrons. The number of thiocarbonyl (C=S) groups is 1. The molecule has 0 aliphatic carbocycles. The molecule has 0 bridgehead atoms. The molecule has 0 spiro atoms. The maximum atomic E-state index is 12.1. The van der Waals surface area contributed by atoms with Crippen LogP contribution in [0.15, 0.2) is 47.4 Å². The van der Waals surface area contributed by atoms with Crippen LogP contribution < -0.4 is 0 Å². The number of hydrogen-bond donors (Lipinski definition) is 0. The number of thioether (sulfide) groups is 2. The molecule has 118 valence electrons. The molecule has 1 fully saturated rings. The average Bonchev–Trinajstić information content (AvgIpc) is 3.04. The summed E-state index contributed by atoms with van der Waals surface area (Å²) in [5.74, 6) is -0.0180. The first kappa shape index (κ1) is 15.6. The molecule has 1 aliphatic heterocycles. The Balaban J connectivity index is 1.95. The van der Waals surface area contributed by atoms with Crippen LogP contribution in [0.1, 0.15) is 17.3 Å². The monoisotopic (exact) mass is 369 g/mol. The molecule has 3 nitrogen and oxygen atoms in total. The number of fused-ring (bicyclic) bond motifs is 3. The van der Waals surface area contributed by atoms with E-state index in [1.54, 1.807) is 11.5 Å². The Bertz CT molecular complexity index is 1080. The molecule has 0 amide bonds. The van der Waals surface area contributed by atoms with E-state index >= 15 is 0 Å². The molecular weight excluding hydrogens is 358 g/mol. The topological polar surface area (TPSA) is 39.1 Å². The third-order valence-corrected chi connectivity index (χ3v) is 6.27. The summed E-state index contributed by atoms with van der Waals surface area (Å²) in [7, 11) is 0. The maximum absolute atomic E-state index is 12.1. The molecule has 0 saturated carbocycles. The first-order valence-corrected chi connectivity index (χ1v) is 9.28. The second-order valence-electron chi connectivity index (χ2n) is 5.40. The van der Waals surface area contributed by atoms with Gasteiger partial charge < -0.3 is 0 Å². The van der Waals surface area contributed by atoms with Crippen LogP contribution in [0.5, 0.6) is 0 Å². The van der Waals surface area contributed by atoms with Crippen LogP contribution in [0, 0.1) is 0 Å². The molecule has 2 heterocycles. The van der Waals surface area contributed by atoms with Crippen molar-refractivity contribution in [3.05, 3.63) is 52.9 Å². The summed E-state index contributed by atoms with van der Waals surface area (Å²) in [5.41, 5.74) is 2.70. The van der Waals surface area contributed by atoms with Crippen LogP contribution in [0.25, 0.3) is 27.9 Å². The minimum Gasteiger partial charge on any atom is -0.281 e. The Labute approximate surface area is 152 Å². The van der Waals surface area contributed by atoms with Crippen molar-refractivity contribution in [1.82, 2.24) is 4.57 Å². The van der Waals surface area contributed by atoms with E-state index in [9.17, 15) is 9.59 Å². The van der Waals surface area contributed by atoms with Crippen molar-refractivity contribution in [2.45, 2.75) is 6.92 Å². The van der Waals surface area contributed by atoms with E-state index in [-0.39, 0.29) is 11.0 Å². The Morgan fingerprint density at radius 2 is 1.83 bits per heavy atom. The van der Waals surface area contributed by atoms with Crippen LogP contribution in [0.2, 0.25) is 0 Å². The minimum absolute atomic E-state index is 0.00346. The molecule has 1 aliphatic rings. The van der Waals surface area contributed by atoms with Crippen molar-refractivity contribution < 1.29 is 9.59 Å². The van der Waals surface area contributed by atoms with Gasteiger partial charge in [-0.15, -0.1) is 0 Å². The van der Waals surface area contributed by atoms with Gasteiger partial charge in [-0.25, -0.2) is 0 Å². The Morgan fingerprint density at radius 3 is 2.54 bits per heavy atom. The Hall–Kier alpha value is -1.89. The Kier molecular flexibility index (Phi) is 3.83. The summed E-state index contributed by atoms with van der Waals surface area (Å²) in [6, 6.07) is 13.7. The lowest BCUT2D eigenvalue weighted by Crippen LogP contribution is -2.04. The highest BCUT2D eigenvalue weighted by molar-refractivity contribution is 8.57. The van der Waals surface area contributed by atoms with Gasteiger partial charge in [-0.3, -0.25) is 14.2 Å². The summed E-state index contributed by atoms with van der Waals surface area (Å²) in [5, 5.41) is 2.02. The predicted octanol–water partition coefficient (Wildman–Crippen LogP) is 5.09. The van der Waals surface area contributed by atoms with Crippen molar-refractivity contribution in [3.63, 3.8) is 0 Å². The number of hydrogen-bond acceptors (Lipinski definition) is 5. The number of aromatic nitrogens is 1. The number of carbonyl (C=O) groups excluding carboxylic acids is 2. The maximum Gasteiger partial charge on any atom is 0.232 e. The molecule has 1 saturated heterocycles. The molecular formula is C18H11NO2S3. The summed E-state index contributed by atoms with van der Waals surface area (Å²) in [6.45, 7) is 1.56. The molecule has 3 aromatic rings. The quantitative estimate of drug-likeness (QED) is 0.441. The van der Waals surface area contributed by atoms with Crippen molar-refractivity contribution in [1.29, 1.82) is 0 Å². The van der Waals surface area contributed by atoms with Crippen LogP contribution in [-0.4, -0.2) is 19.1 Å². The highest BCUT2D eigenvalue weighted by atomic mass is 32.2. The van der Waals surface area contributed by atoms with Gasteiger partial charge in [0.25, 0.3) is 0 Å². The molecule has 6 heteroatoms. The van der Waals surface area contributed by atoms with Gasteiger partial charge in [0.2, 0.25) is 11.0 Å². The third-order valence-electron chi connectivity index (χ3n) is 3.88. The zero-order valence-electron chi connectivity index (χ0n) is 12.6. The van der Waals surface area contributed by atoms with Crippen LogP contribution >= 0.6 is 35.7 Å². The number of carbonyl (C=O) groups is 2. The third kappa shape index (κ3) is 2.51. The standard InChI is InChI=1S/C18H11NO2S3/c1-10(20)19-14-5-3-2-4-12(14)13-8-11(6-7-15(13)19)9-16-17(21)24-18(22)23-16/h2-9H,1H3/b16-9+. The highest BCUT2D eigenvalue weighted by Crippen LogP contribution is 2.39. The fourth-order valence-electron chi connectivity index (χ4n) is 2.94. The van der Waals surface area contributed by atoms with Crippen molar-refractivity contribution in [3.8, 4) is 0 Å². The van der Waals surface area contributed by atoms with E-state index in [1.807, 2.05) is 48.5 Å². The van der Waals surface area contributed by atoms with Gasteiger partial charge in [-0.1, -0.05) is 48.2 Å². The average molecular weight is 369 g/mol. The number of para-hydroxylation sites is 1. The molecule has 0 atom stereocenters. The van der Waals surface area contributed by atoms with Crippen LogP contribution in [0.3, 0.4) is 0 Å². The van der Waals surface area contributed by atoms with Gasteiger partial charge >= 0.3 is 0 Å². The summed E-state index contributed by atoms with van der Waals surface area (Å²) in [4.78, 5) is 24.6. The lowest BCUT2D eigenvalue weighted by Gasteiger charge is -2.02. The van der Waals surface area contributed by atoms with Crippen LogP contribution in [-0.2, 0) is 4.79 Å². The zero-order chi connectivity index (χ0) is 16.8. The second-order valence-corrected chi connectivity index (χ2v) is 8.62. The van der Waals surface area contributed by atoms with Gasteiger partial charge in [-0.2, -0.15) is 0 Å².